The number of nitriles is 1. The molecule has 0 aliphatic rings. The molecule has 0 saturated carbocycles. The third-order valence-electron chi connectivity index (χ3n) is 2.21. The first-order valence-corrected chi connectivity index (χ1v) is 5.13. The van der Waals surface area contributed by atoms with Crippen LogP contribution in [0, 0.1) is 18.4 Å². The summed E-state index contributed by atoms with van der Waals surface area (Å²) >= 11 is 0. The van der Waals surface area contributed by atoms with E-state index in [2.05, 4.69) is 10.3 Å². The molecule has 1 aromatic carbocycles. The van der Waals surface area contributed by atoms with Crippen molar-refractivity contribution < 1.29 is 4.42 Å². The van der Waals surface area contributed by atoms with E-state index in [4.69, 9.17) is 9.68 Å². The van der Waals surface area contributed by atoms with Gasteiger partial charge in [0.1, 0.15) is 17.9 Å². The Bertz CT molecular complexity index is 578. The van der Waals surface area contributed by atoms with Crippen LogP contribution in [-0.4, -0.2) is 6.34 Å². The molecule has 0 fully saturated rings. The molecule has 0 aliphatic carbocycles. The number of benzene rings is 1. The average molecular weight is 225 g/mol. The fourth-order valence-corrected chi connectivity index (χ4v) is 1.46. The molecule has 1 N–H and O–H groups in total. The second-order valence-corrected chi connectivity index (χ2v) is 3.47. The summed E-state index contributed by atoms with van der Waals surface area (Å²) in [5, 5.41) is 10.7. The Balaban J connectivity index is 2.26. The molecule has 0 amide bonds. The molecule has 2 rings (SSSR count). The van der Waals surface area contributed by atoms with Crippen molar-refractivity contribution >= 4 is 12.0 Å². The normalized spacial score (nSPS) is 10.4. The zero-order valence-corrected chi connectivity index (χ0v) is 9.34. The predicted octanol–water partition coefficient (Wildman–Crippen LogP) is 2.99. The van der Waals surface area contributed by atoms with E-state index in [1.54, 1.807) is 6.19 Å². The fourth-order valence-electron chi connectivity index (χ4n) is 1.46. The van der Waals surface area contributed by atoms with E-state index in [-0.39, 0.29) is 0 Å². The van der Waals surface area contributed by atoms with E-state index < -0.39 is 0 Å². The highest BCUT2D eigenvalue weighted by atomic mass is 16.3. The second kappa shape index (κ2) is 4.99. The Morgan fingerprint density at radius 2 is 2.24 bits per heavy atom. The molecule has 1 aromatic heterocycles. The maximum absolute atomic E-state index is 8.31. The van der Waals surface area contributed by atoms with Gasteiger partial charge in [-0.2, -0.15) is 5.26 Å². The summed E-state index contributed by atoms with van der Waals surface area (Å²) < 4.78 is 5.53. The molecule has 4 nitrogen and oxygen atoms in total. The van der Waals surface area contributed by atoms with Crippen molar-refractivity contribution in [2.75, 3.05) is 0 Å². The fraction of sp³-hybridized carbons (Fsp3) is 0.0769. The van der Waals surface area contributed by atoms with Gasteiger partial charge in [-0.25, -0.2) is 4.99 Å². The van der Waals surface area contributed by atoms with Crippen molar-refractivity contribution in [2.24, 2.45) is 4.99 Å². The van der Waals surface area contributed by atoms with Gasteiger partial charge in [0.2, 0.25) is 0 Å². The first kappa shape index (κ1) is 11.0. The minimum atomic E-state index is 0.763. The van der Waals surface area contributed by atoms with Crippen LogP contribution in [0.5, 0.6) is 0 Å². The average Bonchev–Trinajstić information content (AvgIpc) is 2.77. The summed E-state index contributed by atoms with van der Waals surface area (Å²) in [5.74, 6) is 1.69. The van der Waals surface area contributed by atoms with Crippen LogP contribution in [0.4, 0.5) is 5.69 Å². The van der Waals surface area contributed by atoms with E-state index in [0.29, 0.717) is 0 Å². The largest absolute Gasteiger partial charge is 0.461 e. The van der Waals surface area contributed by atoms with E-state index in [0.717, 1.165) is 22.8 Å². The Morgan fingerprint density at radius 3 is 2.94 bits per heavy atom. The van der Waals surface area contributed by atoms with Crippen LogP contribution in [0.1, 0.15) is 5.76 Å². The number of aliphatic imine (C=N–C) groups is 1. The molecule has 0 aliphatic heterocycles. The topological polar surface area (TPSA) is 61.3 Å². The van der Waals surface area contributed by atoms with Crippen LogP contribution in [0.15, 0.2) is 45.8 Å². The van der Waals surface area contributed by atoms with Gasteiger partial charge >= 0.3 is 0 Å². The summed E-state index contributed by atoms with van der Waals surface area (Å²) in [7, 11) is 0. The van der Waals surface area contributed by atoms with Gasteiger partial charge in [-0.3, -0.25) is 5.32 Å². The van der Waals surface area contributed by atoms with Crippen LogP contribution in [0.3, 0.4) is 0 Å². The van der Waals surface area contributed by atoms with Crippen molar-refractivity contribution in [3.63, 3.8) is 0 Å². The first-order chi connectivity index (χ1) is 8.29. The first-order valence-electron chi connectivity index (χ1n) is 5.13. The molecule has 84 valence electrons. The van der Waals surface area contributed by atoms with Gasteiger partial charge in [-0.15, -0.1) is 0 Å². The summed E-state index contributed by atoms with van der Waals surface area (Å²) in [6.07, 6.45) is 3.12. The molecule has 0 bridgehead atoms. The van der Waals surface area contributed by atoms with Crippen LogP contribution < -0.4 is 5.32 Å². The lowest BCUT2D eigenvalue weighted by Gasteiger charge is -1.98. The van der Waals surface area contributed by atoms with Crippen molar-refractivity contribution in [3.8, 4) is 17.5 Å². The molecule has 1 heterocycles. The number of aryl methyl sites for hydroxylation is 1. The van der Waals surface area contributed by atoms with Gasteiger partial charge in [-0.1, -0.05) is 12.1 Å². The van der Waals surface area contributed by atoms with Gasteiger partial charge < -0.3 is 4.42 Å². The zero-order chi connectivity index (χ0) is 12.1. The van der Waals surface area contributed by atoms with Crippen molar-refractivity contribution in [3.05, 3.63) is 42.2 Å². The molecule has 0 unspecified atom stereocenters. The monoisotopic (exact) mass is 225 g/mol. The minimum absolute atomic E-state index is 0.763. The van der Waals surface area contributed by atoms with E-state index in [9.17, 15) is 0 Å². The Morgan fingerprint density at radius 1 is 1.35 bits per heavy atom. The molecular weight excluding hydrogens is 214 g/mol. The highest BCUT2D eigenvalue weighted by Gasteiger charge is 2.02. The lowest BCUT2D eigenvalue weighted by molar-refractivity contribution is 0.548. The SMILES string of the molecule is Cc1ccc(-c2cccc(N=CNC#N)c2)o1. The lowest BCUT2D eigenvalue weighted by Crippen LogP contribution is -1.98. The molecule has 4 heteroatoms. The van der Waals surface area contributed by atoms with Crippen molar-refractivity contribution in [2.45, 2.75) is 6.92 Å². The van der Waals surface area contributed by atoms with Crippen LogP contribution in [-0.2, 0) is 0 Å². The third kappa shape index (κ3) is 2.73. The van der Waals surface area contributed by atoms with Gasteiger partial charge in [-0.05, 0) is 31.2 Å². The smallest absolute Gasteiger partial charge is 0.182 e. The molecule has 0 spiro atoms. The quantitative estimate of drug-likeness (QED) is 0.378. The molecule has 2 aromatic rings. The number of furan rings is 1. The Labute approximate surface area is 99.2 Å². The lowest BCUT2D eigenvalue weighted by atomic mass is 10.1. The van der Waals surface area contributed by atoms with Crippen molar-refractivity contribution in [1.29, 1.82) is 5.26 Å². The number of hydrogen-bond acceptors (Lipinski definition) is 3. The molecular formula is C13H11N3O. The number of hydrogen-bond donors (Lipinski definition) is 1. The minimum Gasteiger partial charge on any atom is -0.461 e. The summed E-state index contributed by atoms with van der Waals surface area (Å²) in [5.41, 5.74) is 1.73. The van der Waals surface area contributed by atoms with Gasteiger partial charge in [0.15, 0.2) is 6.19 Å². The maximum Gasteiger partial charge on any atom is 0.182 e. The zero-order valence-electron chi connectivity index (χ0n) is 9.34. The van der Waals surface area contributed by atoms with E-state index >= 15 is 0 Å². The summed E-state index contributed by atoms with van der Waals surface area (Å²) in [6, 6.07) is 11.4. The van der Waals surface area contributed by atoms with Crippen LogP contribution in [0.2, 0.25) is 0 Å². The van der Waals surface area contributed by atoms with E-state index in [1.165, 1.54) is 6.34 Å². The van der Waals surface area contributed by atoms with Crippen molar-refractivity contribution in [1.82, 2.24) is 5.32 Å². The highest BCUT2D eigenvalue weighted by Crippen LogP contribution is 2.25. The molecule has 17 heavy (non-hydrogen) atoms. The standard InChI is InChI=1S/C13H11N3O/c1-10-5-6-13(17-10)11-3-2-4-12(7-11)16-9-15-8-14/h2-7,9H,1H3,(H,15,16). The highest BCUT2D eigenvalue weighted by molar-refractivity contribution is 5.67. The summed E-state index contributed by atoms with van der Waals surface area (Å²) in [6.45, 7) is 1.91. The van der Waals surface area contributed by atoms with Gasteiger partial charge in [0.25, 0.3) is 0 Å². The van der Waals surface area contributed by atoms with E-state index in [1.807, 2.05) is 43.3 Å². The number of nitrogens with one attached hydrogen (secondary N) is 1. The van der Waals surface area contributed by atoms with Crippen LogP contribution >= 0.6 is 0 Å². The Kier molecular flexibility index (Phi) is 3.22. The maximum atomic E-state index is 8.31. The van der Waals surface area contributed by atoms with Gasteiger partial charge in [0, 0.05) is 5.56 Å². The Hall–Kier alpha value is -2.54. The number of rotatable bonds is 3. The van der Waals surface area contributed by atoms with Gasteiger partial charge in [0.05, 0.1) is 5.69 Å². The molecule has 0 atom stereocenters. The second-order valence-electron chi connectivity index (χ2n) is 3.47. The predicted molar refractivity (Wildman–Crippen MR) is 65.8 cm³/mol. The number of nitrogens with zero attached hydrogens (tertiary/aromatic N) is 2. The third-order valence-corrected chi connectivity index (χ3v) is 2.21. The summed E-state index contributed by atoms with van der Waals surface area (Å²) in [4.78, 5) is 4.09. The molecule has 0 saturated heterocycles. The van der Waals surface area contributed by atoms with Crippen LogP contribution in [0.25, 0.3) is 11.3 Å². The molecule has 0 radical (unpaired) electrons.